The van der Waals surface area contributed by atoms with Crippen LogP contribution < -0.4 is 5.32 Å². The summed E-state index contributed by atoms with van der Waals surface area (Å²) in [6.45, 7) is 6.27. The quantitative estimate of drug-likeness (QED) is 0.754. The molecule has 2 aliphatic rings. The Morgan fingerprint density at radius 2 is 2.00 bits per heavy atom. The van der Waals surface area contributed by atoms with E-state index in [9.17, 15) is 13.2 Å². The zero-order valence-electron chi connectivity index (χ0n) is 16.1. The summed E-state index contributed by atoms with van der Waals surface area (Å²) in [7, 11) is -3.34. The van der Waals surface area contributed by atoms with Crippen molar-refractivity contribution in [3.8, 4) is 10.4 Å². The van der Waals surface area contributed by atoms with Crippen LogP contribution in [0.1, 0.15) is 41.4 Å². The summed E-state index contributed by atoms with van der Waals surface area (Å²) in [6.07, 6.45) is 3.46. The number of carbonyl (C=O) groups excluding carboxylic acids is 1. The molecule has 1 saturated heterocycles. The van der Waals surface area contributed by atoms with Crippen molar-refractivity contribution in [2.75, 3.05) is 26.2 Å². The van der Waals surface area contributed by atoms with E-state index in [2.05, 4.69) is 17.1 Å². The van der Waals surface area contributed by atoms with E-state index in [0.717, 1.165) is 42.4 Å². The average molecular weight is 419 g/mol. The van der Waals surface area contributed by atoms with Crippen LogP contribution in [-0.2, 0) is 15.6 Å². The van der Waals surface area contributed by atoms with Crippen LogP contribution in [0.5, 0.6) is 0 Å². The summed E-state index contributed by atoms with van der Waals surface area (Å²) < 4.78 is 25.0. The molecule has 0 saturated carbocycles. The number of amides is 1. The van der Waals surface area contributed by atoms with E-state index in [1.807, 2.05) is 12.1 Å². The van der Waals surface area contributed by atoms with Crippen LogP contribution in [0.15, 0.2) is 35.2 Å². The van der Waals surface area contributed by atoms with Crippen molar-refractivity contribution in [3.05, 3.63) is 40.8 Å². The topological polar surface area (TPSA) is 66.5 Å². The Labute approximate surface area is 170 Å². The Morgan fingerprint density at radius 1 is 1.25 bits per heavy atom. The first-order chi connectivity index (χ1) is 13.4. The van der Waals surface area contributed by atoms with Crippen LogP contribution in [0, 0.1) is 5.92 Å². The molecule has 1 fully saturated rings. The third kappa shape index (κ3) is 4.02. The number of thiophene rings is 1. The molecule has 2 aromatic rings. The molecule has 5 nitrogen and oxygen atoms in total. The number of likely N-dealkylation sites (tertiary alicyclic amines) is 1. The van der Waals surface area contributed by atoms with Crippen molar-refractivity contribution in [1.82, 2.24) is 10.2 Å². The number of nitrogens with zero attached hydrogens (tertiary/aromatic N) is 1. The molecule has 1 N–H and O–H groups in total. The summed E-state index contributed by atoms with van der Waals surface area (Å²) in [5.41, 5.74) is 1.45. The molecule has 2 aliphatic heterocycles. The molecule has 28 heavy (non-hydrogen) atoms. The van der Waals surface area contributed by atoms with Gasteiger partial charge in [-0.3, -0.25) is 4.79 Å². The van der Waals surface area contributed by atoms with Crippen molar-refractivity contribution in [3.63, 3.8) is 0 Å². The van der Waals surface area contributed by atoms with Gasteiger partial charge in [-0.1, -0.05) is 25.1 Å². The van der Waals surface area contributed by atoms with Gasteiger partial charge in [-0.05, 0) is 62.5 Å². The van der Waals surface area contributed by atoms with Gasteiger partial charge in [0.15, 0.2) is 9.84 Å². The minimum absolute atomic E-state index is 0.0312. The number of fused-ring (bicyclic) bond motifs is 3. The normalized spacial score (nSPS) is 19.0. The van der Waals surface area contributed by atoms with E-state index >= 15 is 0 Å². The Kier molecular flexibility index (Phi) is 5.58. The number of hydrogen-bond acceptors (Lipinski definition) is 5. The Bertz CT molecular complexity index is 973. The average Bonchev–Trinajstić information content (AvgIpc) is 3.10. The number of hydrogen-bond donors (Lipinski definition) is 1. The van der Waals surface area contributed by atoms with E-state index in [0.29, 0.717) is 21.9 Å². The van der Waals surface area contributed by atoms with Gasteiger partial charge in [0.1, 0.15) is 0 Å². The highest BCUT2D eigenvalue weighted by Gasteiger charge is 2.30. The fourth-order valence-electron chi connectivity index (χ4n) is 3.96. The van der Waals surface area contributed by atoms with Crippen molar-refractivity contribution >= 4 is 27.1 Å². The maximum Gasteiger partial charge on any atom is 0.261 e. The molecular formula is C21H26N2O3S2. The van der Waals surface area contributed by atoms with Gasteiger partial charge in [-0.25, -0.2) is 8.42 Å². The SMILES string of the molecule is CC1CCN(CCCNC(=O)c2cc3c(s2)-c2ccccc2S(=O)(=O)C3)CC1. The maximum atomic E-state index is 12.6. The molecular weight excluding hydrogens is 392 g/mol. The fraction of sp³-hybridized carbons (Fsp3) is 0.476. The molecule has 0 aliphatic carbocycles. The predicted octanol–water partition coefficient (Wildman–Crippen LogP) is 3.55. The highest BCUT2D eigenvalue weighted by atomic mass is 32.2. The zero-order chi connectivity index (χ0) is 19.7. The lowest BCUT2D eigenvalue weighted by atomic mass is 9.99. The molecule has 1 aromatic heterocycles. The molecule has 0 radical (unpaired) electrons. The number of rotatable bonds is 5. The largest absolute Gasteiger partial charge is 0.351 e. The lowest BCUT2D eigenvalue weighted by Crippen LogP contribution is -2.35. The van der Waals surface area contributed by atoms with Crippen molar-refractivity contribution in [1.29, 1.82) is 0 Å². The lowest BCUT2D eigenvalue weighted by Gasteiger charge is -2.30. The summed E-state index contributed by atoms with van der Waals surface area (Å²) in [6, 6.07) is 8.79. The van der Waals surface area contributed by atoms with E-state index < -0.39 is 9.84 Å². The summed E-state index contributed by atoms with van der Waals surface area (Å²) in [5.74, 6) is 0.688. The second kappa shape index (κ2) is 7.97. The summed E-state index contributed by atoms with van der Waals surface area (Å²) >= 11 is 1.39. The van der Waals surface area contributed by atoms with Crippen LogP contribution in [0.4, 0.5) is 0 Å². The third-order valence-corrected chi connectivity index (χ3v) is 8.58. The minimum atomic E-state index is -3.34. The second-order valence-corrected chi connectivity index (χ2v) is 10.9. The van der Waals surface area contributed by atoms with Crippen molar-refractivity contribution < 1.29 is 13.2 Å². The molecule has 3 heterocycles. The van der Waals surface area contributed by atoms with Gasteiger partial charge in [0.2, 0.25) is 0 Å². The third-order valence-electron chi connectivity index (χ3n) is 5.66. The first-order valence-corrected chi connectivity index (χ1v) is 12.4. The minimum Gasteiger partial charge on any atom is -0.351 e. The standard InChI is InChI=1S/C21H26N2O3S2/c1-15-7-11-23(12-8-15)10-4-9-22-21(24)18-13-16-14-28(25,26)19-6-3-2-5-17(19)20(16)27-18/h2-3,5-6,13,15H,4,7-12,14H2,1H3,(H,22,24). The molecule has 0 bridgehead atoms. The number of nitrogens with one attached hydrogen (secondary N) is 1. The van der Waals surface area contributed by atoms with Crippen LogP contribution in [-0.4, -0.2) is 45.4 Å². The van der Waals surface area contributed by atoms with Gasteiger partial charge >= 0.3 is 0 Å². The van der Waals surface area contributed by atoms with Crippen LogP contribution in [0.25, 0.3) is 10.4 Å². The van der Waals surface area contributed by atoms with Gasteiger partial charge in [0, 0.05) is 17.0 Å². The number of benzene rings is 1. The summed E-state index contributed by atoms with van der Waals surface area (Å²) in [4.78, 5) is 16.9. The Morgan fingerprint density at radius 3 is 2.79 bits per heavy atom. The molecule has 0 unspecified atom stereocenters. The number of carbonyl (C=O) groups is 1. The highest BCUT2D eigenvalue weighted by molar-refractivity contribution is 7.91. The second-order valence-electron chi connectivity index (χ2n) is 7.85. The molecule has 4 rings (SSSR count). The number of piperidine rings is 1. The monoisotopic (exact) mass is 418 g/mol. The van der Waals surface area contributed by atoms with E-state index in [-0.39, 0.29) is 11.7 Å². The highest BCUT2D eigenvalue weighted by Crippen LogP contribution is 2.42. The molecule has 7 heteroatoms. The Balaban J connectivity index is 1.38. The Hall–Kier alpha value is -1.70. The van der Waals surface area contributed by atoms with E-state index in [1.165, 1.54) is 24.2 Å². The number of sulfone groups is 1. The van der Waals surface area contributed by atoms with E-state index in [1.54, 1.807) is 18.2 Å². The lowest BCUT2D eigenvalue weighted by molar-refractivity contribution is 0.0954. The first-order valence-electron chi connectivity index (χ1n) is 9.89. The van der Waals surface area contributed by atoms with Gasteiger partial charge < -0.3 is 10.2 Å². The van der Waals surface area contributed by atoms with Crippen molar-refractivity contribution in [2.24, 2.45) is 5.92 Å². The molecule has 1 amide bonds. The van der Waals surface area contributed by atoms with Crippen molar-refractivity contribution in [2.45, 2.75) is 36.8 Å². The van der Waals surface area contributed by atoms with Crippen LogP contribution in [0.3, 0.4) is 0 Å². The molecule has 1 aromatic carbocycles. The van der Waals surface area contributed by atoms with Crippen LogP contribution in [0.2, 0.25) is 0 Å². The first kappa shape index (κ1) is 19.6. The van der Waals surface area contributed by atoms with E-state index in [4.69, 9.17) is 0 Å². The smallest absolute Gasteiger partial charge is 0.261 e. The molecule has 0 spiro atoms. The molecule has 0 atom stereocenters. The van der Waals surface area contributed by atoms with Gasteiger partial charge in [-0.15, -0.1) is 11.3 Å². The van der Waals surface area contributed by atoms with Gasteiger partial charge in [0.05, 0.1) is 15.5 Å². The maximum absolute atomic E-state index is 12.6. The summed E-state index contributed by atoms with van der Waals surface area (Å²) in [5, 5.41) is 3.00. The van der Waals surface area contributed by atoms with Gasteiger partial charge in [-0.2, -0.15) is 0 Å². The predicted molar refractivity (Wildman–Crippen MR) is 112 cm³/mol. The van der Waals surface area contributed by atoms with Gasteiger partial charge in [0.25, 0.3) is 5.91 Å². The fourth-order valence-corrected chi connectivity index (χ4v) is 6.84. The molecule has 150 valence electrons. The van der Waals surface area contributed by atoms with Crippen LogP contribution >= 0.6 is 11.3 Å². The zero-order valence-corrected chi connectivity index (χ0v) is 17.7.